The van der Waals surface area contributed by atoms with Gasteiger partial charge in [0.1, 0.15) is 0 Å². The number of methoxy groups -OCH3 is 2. The third-order valence-electron chi connectivity index (χ3n) is 8.37. The fraction of sp³-hybridized carbons (Fsp3) is 0.742. The molecule has 9 nitrogen and oxygen atoms in total. The van der Waals surface area contributed by atoms with Crippen LogP contribution in [-0.4, -0.2) is 100 Å². The van der Waals surface area contributed by atoms with Gasteiger partial charge >= 0.3 is 0 Å². The maximum Gasteiger partial charge on any atom is 0.254 e. The summed E-state index contributed by atoms with van der Waals surface area (Å²) in [5.74, 6) is 1.96. The lowest BCUT2D eigenvalue weighted by atomic mass is 9.93. The average Bonchev–Trinajstić information content (AvgIpc) is 3.71. The summed E-state index contributed by atoms with van der Waals surface area (Å²) in [6, 6.07) is 5.79. The predicted octanol–water partition coefficient (Wildman–Crippen LogP) is 3.75. The van der Waals surface area contributed by atoms with Gasteiger partial charge in [-0.15, -0.1) is 0 Å². The molecule has 2 unspecified atom stereocenters. The van der Waals surface area contributed by atoms with E-state index in [0.717, 1.165) is 64.8 Å². The molecular formula is C31H49N3O6. The number of benzene rings is 1. The highest BCUT2D eigenvalue weighted by molar-refractivity contribution is 5.95. The topological polar surface area (TPSA) is 89.6 Å². The highest BCUT2D eigenvalue weighted by atomic mass is 16.5. The van der Waals surface area contributed by atoms with E-state index < -0.39 is 0 Å². The number of carbonyl (C=O) groups is 2. The van der Waals surface area contributed by atoms with Crippen molar-refractivity contribution in [3.63, 3.8) is 0 Å². The van der Waals surface area contributed by atoms with E-state index in [1.807, 2.05) is 11.0 Å². The predicted molar refractivity (Wildman–Crippen MR) is 154 cm³/mol. The van der Waals surface area contributed by atoms with Crippen LogP contribution in [0.4, 0.5) is 0 Å². The Kier molecular flexibility index (Phi) is 11.5. The van der Waals surface area contributed by atoms with Crippen molar-refractivity contribution in [1.82, 2.24) is 15.1 Å². The van der Waals surface area contributed by atoms with E-state index in [4.69, 9.17) is 18.9 Å². The molecule has 1 aromatic carbocycles. The molecule has 40 heavy (non-hydrogen) atoms. The lowest BCUT2D eigenvalue weighted by Crippen LogP contribution is -2.45. The fourth-order valence-electron chi connectivity index (χ4n) is 5.84. The van der Waals surface area contributed by atoms with E-state index in [1.165, 1.54) is 0 Å². The monoisotopic (exact) mass is 559 g/mol. The molecule has 2 heterocycles. The first-order valence-corrected chi connectivity index (χ1v) is 15.1. The van der Waals surface area contributed by atoms with Gasteiger partial charge < -0.3 is 34.1 Å². The molecule has 2 saturated heterocycles. The van der Waals surface area contributed by atoms with Crippen LogP contribution in [0, 0.1) is 11.8 Å². The Morgan fingerprint density at radius 1 is 1.02 bits per heavy atom. The first kappa shape index (κ1) is 30.6. The van der Waals surface area contributed by atoms with E-state index in [9.17, 15) is 9.59 Å². The van der Waals surface area contributed by atoms with Gasteiger partial charge in [0, 0.05) is 70.6 Å². The first-order valence-electron chi connectivity index (χ1n) is 15.1. The molecule has 0 radical (unpaired) electrons. The van der Waals surface area contributed by atoms with Gasteiger partial charge in [-0.3, -0.25) is 9.59 Å². The van der Waals surface area contributed by atoms with Crippen molar-refractivity contribution in [1.29, 1.82) is 0 Å². The molecule has 2 amide bonds. The summed E-state index contributed by atoms with van der Waals surface area (Å²) in [5.41, 5.74) is 0.584. The van der Waals surface area contributed by atoms with Gasteiger partial charge in [-0.05, 0) is 76.0 Å². The van der Waals surface area contributed by atoms with E-state index in [0.29, 0.717) is 55.2 Å². The van der Waals surface area contributed by atoms with Crippen molar-refractivity contribution in [3.8, 4) is 11.5 Å². The van der Waals surface area contributed by atoms with Crippen molar-refractivity contribution in [2.45, 2.75) is 77.0 Å². The van der Waals surface area contributed by atoms with E-state index in [2.05, 4.69) is 24.1 Å². The largest absolute Gasteiger partial charge is 0.493 e. The maximum absolute atomic E-state index is 13.8. The van der Waals surface area contributed by atoms with E-state index >= 15 is 0 Å². The molecule has 0 bridgehead atoms. The molecule has 9 heteroatoms. The fourth-order valence-corrected chi connectivity index (χ4v) is 5.84. The highest BCUT2D eigenvalue weighted by Crippen LogP contribution is 2.33. The number of ether oxygens (including phenoxy) is 4. The summed E-state index contributed by atoms with van der Waals surface area (Å²) in [6.07, 6.45) is 6.70. The third kappa shape index (κ3) is 8.33. The van der Waals surface area contributed by atoms with Crippen LogP contribution >= 0.6 is 0 Å². The second kappa shape index (κ2) is 15.0. The SMILES string of the molecule is COCCCOc1cc(C(=O)N(C[C@@H]2CNCC2CN(C(=O)CC2CCCCO2)C2CC2)C(C)C)ccc1OC. The number of nitrogens with zero attached hydrogens (tertiary/aromatic N) is 2. The maximum atomic E-state index is 13.8. The highest BCUT2D eigenvalue weighted by Gasteiger charge is 2.39. The zero-order valence-electron chi connectivity index (χ0n) is 24.9. The second-order valence-corrected chi connectivity index (χ2v) is 11.8. The Bertz CT molecular complexity index is 962. The molecule has 0 spiro atoms. The minimum Gasteiger partial charge on any atom is -0.493 e. The van der Waals surface area contributed by atoms with E-state index in [1.54, 1.807) is 26.4 Å². The standard InChI is InChI=1S/C31H49N3O6/c1-22(2)33(31(36)23-9-12-28(38-4)29(16-23)40-15-7-13-37-3)20-24-18-32-19-25(24)21-34(26-10-11-26)30(35)17-27-8-5-6-14-39-27/h9,12,16,22,24-27,32H,5-8,10-11,13-15,17-21H2,1-4H3/t24-,25?,27?/m0/s1. The van der Waals surface area contributed by atoms with Crippen LogP contribution in [0.5, 0.6) is 11.5 Å². The molecule has 3 fully saturated rings. The third-order valence-corrected chi connectivity index (χ3v) is 8.37. The lowest BCUT2D eigenvalue weighted by Gasteiger charge is -2.34. The molecule has 1 saturated carbocycles. The molecule has 1 aromatic rings. The van der Waals surface area contributed by atoms with Crippen LogP contribution < -0.4 is 14.8 Å². The minimum atomic E-state index is -0.0189. The summed E-state index contributed by atoms with van der Waals surface area (Å²) >= 11 is 0. The molecule has 4 rings (SSSR count). The zero-order valence-corrected chi connectivity index (χ0v) is 24.9. The van der Waals surface area contributed by atoms with Gasteiger partial charge in [-0.1, -0.05) is 0 Å². The summed E-state index contributed by atoms with van der Waals surface area (Å²) in [5, 5.41) is 3.54. The van der Waals surface area contributed by atoms with Crippen molar-refractivity contribution in [2.75, 3.05) is 60.2 Å². The van der Waals surface area contributed by atoms with Gasteiger partial charge in [-0.25, -0.2) is 0 Å². The molecule has 1 N–H and O–H groups in total. The molecule has 3 atom stereocenters. The molecule has 3 aliphatic rings. The molecule has 2 aliphatic heterocycles. The van der Waals surface area contributed by atoms with Crippen molar-refractivity contribution >= 4 is 11.8 Å². The Hall–Kier alpha value is -2.36. The minimum absolute atomic E-state index is 0.0189. The normalized spacial score (nSPS) is 22.8. The first-order chi connectivity index (χ1) is 19.4. The molecular weight excluding hydrogens is 510 g/mol. The molecule has 0 aromatic heterocycles. The Morgan fingerprint density at radius 3 is 2.45 bits per heavy atom. The van der Waals surface area contributed by atoms with Crippen LogP contribution in [0.25, 0.3) is 0 Å². The average molecular weight is 560 g/mol. The number of nitrogens with one attached hydrogen (secondary N) is 1. The van der Waals surface area contributed by atoms with Crippen molar-refractivity contribution in [3.05, 3.63) is 23.8 Å². The van der Waals surface area contributed by atoms with Gasteiger partial charge in [0.15, 0.2) is 11.5 Å². The molecule has 224 valence electrons. The van der Waals surface area contributed by atoms with Gasteiger partial charge in [0.25, 0.3) is 5.91 Å². The van der Waals surface area contributed by atoms with Crippen LogP contribution in [0.1, 0.15) is 69.2 Å². The van der Waals surface area contributed by atoms with Crippen LogP contribution in [0.15, 0.2) is 18.2 Å². The summed E-state index contributed by atoms with van der Waals surface area (Å²) < 4.78 is 22.4. The van der Waals surface area contributed by atoms with Gasteiger partial charge in [-0.2, -0.15) is 0 Å². The summed E-state index contributed by atoms with van der Waals surface area (Å²) in [4.78, 5) is 31.2. The second-order valence-electron chi connectivity index (χ2n) is 11.8. The molecule has 1 aliphatic carbocycles. The number of hydrogen-bond acceptors (Lipinski definition) is 7. The van der Waals surface area contributed by atoms with Crippen molar-refractivity contribution in [2.24, 2.45) is 11.8 Å². The van der Waals surface area contributed by atoms with Gasteiger partial charge in [0.2, 0.25) is 5.91 Å². The number of rotatable bonds is 15. The van der Waals surface area contributed by atoms with Crippen LogP contribution in [-0.2, 0) is 14.3 Å². The quantitative estimate of drug-likeness (QED) is 0.328. The summed E-state index contributed by atoms with van der Waals surface area (Å²) in [6.45, 7) is 9.07. The number of hydrogen-bond donors (Lipinski definition) is 1. The van der Waals surface area contributed by atoms with Crippen LogP contribution in [0.2, 0.25) is 0 Å². The Morgan fingerprint density at radius 2 is 1.80 bits per heavy atom. The van der Waals surface area contributed by atoms with Crippen LogP contribution in [0.3, 0.4) is 0 Å². The number of amides is 2. The Balaban J connectivity index is 1.40. The lowest BCUT2D eigenvalue weighted by molar-refractivity contribution is -0.136. The van der Waals surface area contributed by atoms with Crippen molar-refractivity contribution < 1.29 is 28.5 Å². The summed E-state index contributed by atoms with van der Waals surface area (Å²) in [7, 11) is 3.27. The number of carbonyl (C=O) groups excluding carboxylic acids is 2. The Labute approximate surface area is 239 Å². The van der Waals surface area contributed by atoms with E-state index in [-0.39, 0.29) is 29.9 Å². The zero-order chi connectivity index (χ0) is 28.5. The van der Waals surface area contributed by atoms with Gasteiger partial charge in [0.05, 0.1) is 26.2 Å². The smallest absolute Gasteiger partial charge is 0.254 e.